The fourth-order valence-electron chi connectivity index (χ4n) is 5.76. The summed E-state index contributed by atoms with van der Waals surface area (Å²) in [6, 6.07) is 3.82. The van der Waals surface area contributed by atoms with Gasteiger partial charge in [-0.3, -0.25) is 28.9 Å². The summed E-state index contributed by atoms with van der Waals surface area (Å²) in [5.41, 5.74) is 6.22. The van der Waals surface area contributed by atoms with Crippen molar-refractivity contribution < 1.29 is 47.8 Å². The van der Waals surface area contributed by atoms with Crippen LogP contribution < -0.4 is 27.0 Å². The number of carbonyl (C=O) groups excluding carboxylic acids is 7. The Balaban J connectivity index is 1.95. The Kier molecular flexibility index (Phi) is 18.2. The molecule has 57 heavy (non-hydrogen) atoms. The Morgan fingerprint density at radius 2 is 1.42 bits per heavy atom. The molecule has 1 aromatic rings. The van der Waals surface area contributed by atoms with Gasteiger partial charge in [-0.05, 0) is 74.5 Å². The summed E-state index contributed by atoms with van der Waals surface area (Å²) in [5, 5.41) is 10.5. The van der Waals surface area contributed by atoms with Gasteiger partial charge in [0.05, 0.1) is 25.2 Å². The van der Waals surface area contributed by atoms with E-state index in [1.165, 1.54) is 4.90 Å². The highest BCUT2D eigenvalue weighted by atomic mass is 16.6. The largest absolute Gasteiger partial charge is 0.460 e. The van der Waals surface area contributed by atoms with E-state index in [4.69, 9.17) is 19.9 Å². The van der Waals surface area contributed by atoms with E-state index in [2.05, 4.69) is 21.3 Å². The number of primary amides is 1. The highest BCUT2D eigenvalue weighted by molar-refractivity contribution is 6.20. The Bertz CT molecular complexity index is 1630. The van der Waals surface area contributed by atoms with Crippen LogP contribution in [0.25, 0.3) is 0 Å². The number of imide groups is 1. The first kappa shape index (κ1) is 48.2. The van der Waals surface area contributed by atoms with E-state index in [9.17, 15) is 33.6 Å². The molecule has 0 saturated carbocycles. The van der Waals surface area contributed by atoms with Crippen molar-refractivity contribution in [3.05, 3.63) is 41.0 Å². The number of urea groups is 1. The summed E-state index contributed by atoms with van der Waals surface area (Å²) < 4.78 is 16.2. The standard InChI is InChI=1S/C41H64N6O10/c1-24(2)26(5)30-31(40(6,7)8)36(51)47(35(30)50)19-20-55-21-22-56-39(54)46-32(25(3)4)34(49)45-29(13-12-18-43-38(42)53)33(48)44-28-16-14-27(15-17-28)23-57-37(52)41(9,10)11/h14-17,24-26,29,32H,12-13,18-23H2,1-11H3,(H,44,48)(H,45,49)(H,46,54)(H3,42,43,53)/t26?,29-,32-/m0/s1. The van der Waals surface area contributed by atoms with Crippen molar-refractivity contribution >= 4 is 47.4 Å². The fraction of sp³-hybridized carbons (Fsp3) is 0.634. The Morgan fingerprint density at radius 3 is 1.96 bits per heavy atom. The van der Waals surface area contributed by atoms with Crippen molar-refractivity contribution in [3.63, 3.8) is 0 Å². The molecule has 1 unspecified atom stereocenters. The molecule has 2 rings (SSSR count). The van der Waals surface area contributed by atoms with Gasteiger partial charge in [0.15, 0.2) is 0 Å². The van der Waals surface area contributed by atoms with Gasteiger partial charge < -0.3 is 41.2 Å². The maximum Gasteiger partial charge on any atom is 0.407 e. The summed E-state index contributed by atoms with van der Waals surface area (Å²) >= 11 is 0. The third-order valence-corrected chi connectivity index (χ3v) is 9.36. The number of rotatable bonds is 20. The van der Waals surface area contributed by atoms with E-state index in [0.29, 0.717) is 28.8 Å². The van der Waals surface area contributed by atoms with Gasteiger partial charge in [-0.1, -0.05) is 67.5 Å². The average molecular weight is 801 g/mol. The molecule has 0 fully saturated rings. The molecule has 16 nitrogen and oxygen atoms in total. The number of benzene rings is 1. The molecule has 0 saturated heterocycles. The zero-order valence-corrected chi connectivity index (χ0v) is 35.5. The summed E-state index contributed by atoms with van der Waals surface area (Å²) in [6.45, 7) is 20.5. The number of esters is 1. The van der Waals surface area contributed by atoms with E-state index in [-0.39, 0.29) is 75.6 Å². The molecule has 7 amide bonds. The first-order valence-corrected chi connectivity index (χ1v) is 19.5. The van der Waals surface area contributed by atoms with E-state index >= 15 is 0 Å². The zero-order valence-electron chi connectivity index (χ0n) is 35.5. The second-order valence-corrected chi connectivity index (χ2v) is 17.0. The van der Waals surface area contributed by atoms with Crippen molar-refractivity contribution in [2.75, 3.05) is 38.2 Å². The third kappa shape index (κ3) is 15.1. The molecule has 0 aliphatic carbocycles. The zero-order chi connectivity index (χ0) is 43.2. The summed E-state index contributed by atoms with van der Waals surface area (Å²) in [6.07, 6.45) is -0.456. The van der Waals surface area contributed by atoms with Gasteiger partial charge in [0.2, 0.25) is 11.8 Å². The van der Waals surface area contributed by atoms with Gasteiger partial charge >= 0.3 is 18.1 Å². The van der Waals surface area contributed by atoms with E-state index < -0.39 is 52.8 Å². The summed E-state index contributed by atoms with van der Waals surface area (Å²) in [5.74, 6) is -2.47. The monoisotopic (exact) mass is 800 g/mol. The van der Waals surface area contributed by atoms with Gasteiger partial charge in [0.25, 0.3) is 11.8 Å². The van der Waals surface area contributed by atoms with Gasteiger partial charge in [0.1, 0.15) is 25.3 Å². The minimum absolute atomic E-state index is 0.0262. The van der Waals surface area contributed by atoms with Gasteiger partial charge in [-0.25, -0.2) is 9.59 Å². The molecule has 1 aliphatic heterocycles. The smallest absolute Gasteiger partial charge is 0.407 e. The van der Waals surface area contributed by atoms with Crippen LogP contribution in [0.1, 0.15) is 94.6 Å². The molecular formula is C41H64N6O10. The Labute approximate surface area is 336 Å². The molecule has 1 aliphatic rings. The van der Waals surface area contributed by atoms with Crippen molar-refractivity contribution in [3.8, 4) is 0 Å². The predicted molar refractivity (Wildman–Crippen MR) is 214 cm³/mol. The van der Waals surface area contributed by atoms with Crippen LogP contribution in [-0.2, 0) is 44.8 Å². The minimum Gasteiger partial charge on any atom is -0.460 e. The van der Waals surface area contributed by atoms with Gasteiger partial charge in [-0.2, -0.15) is 0 Å². The number of carbonyl (C=O) groups is 7. The fourth-order valence-corrected chi connectivity index (χ4v) is 5.76. The quantitative estimate of drug-likeness (QED) is 0.0709. The minimum atomic E-state index is -1.08. The molecule has 0 bridgehead atoms. The average Bonchev–Trinajstić information content (AvgIpc) is 3.36. The number of amides is 7. The SMILES string of the molecule is CC(C)C(C)C1=C(C(C)(C)C)C(=O)N(CCOCCOC(=O)N[C@H](C(=O)N[C@@H](CCCNC(N)=O)C(=O)Nc2ccc(COC(=O)C(C)(C)C)cc2)C(C)C)C1=O. The topological polar surface area (TPSA) is 225 Å². The van der Waals surface area contributed by atoms with Crippen molar-refractivity contribution in [1.29, 1.82) is 0 Å². The molecule has 0 spiro atoms. The van der Waals surface area contributed by atoms with Crippen LogP contribution in [0.4, 0.5) is 15.3 Å². The van der Waals surface area contributed by atoms with E-state index in [1.54, 1.807) is 58.9 Å². The number of hydrogen-bond acceptors (Lipinski definition) is 10. The number of nitrogens with two attached hydrogens (primary N) is 1. The van der Waals surface area contributed by atoms with E-state index in [0.717, 1.165) is 0 Å². The molecule has 1 heterocycles. The second kappa shape index (κ2) is 21.5. The molecule has 3 atom stereocenters. The third-order valence-electron chi connectivity index (χ3n) is 9.36. The highest BCUT2D eigenvalue weighted by Gasteiger charge is 2.44. The molecular weight excluding hydrogens is 736 g/mol. The molecule has 318 valence electrons. The lowest BCUT2D eigenvalue weighted by molar-refractivity contribution is -0.154. The number of nitrogens with zero attached hydrogens (tertiary/aromatic N) is 1. The molecule has 1 aromatic carbocycles. The van der Waals surface area contributed by atoms with Crippen molar-refractivity contribution in [2.45, 2.75) is 108 Å². The molecule has 16 heteroatoms. The number of ether oxygens (including phenoxy) is 3. The number of alkyl carbamates (subject to hydrolysis) is 1. The molecule has 0 radical (unpaired) electrons. The maximum atomic E-state index is 13.5. The van der Waals surface area contributed by atoms with Crippen molar-refractivity contribution in [2.24, 2.45) is 34.3 Å². The summed E-state index contributed by atoms with van der Waals surface area (Å²) in [7, 11) is 0. The number of nitrogens with one attached hydrogen (secondary N) is 4. The van der Waals surface area contributed by atoms with E-state index in [1.807, 2.05) is 41.5 Å². The first-order chi connectivity index (χ1) is 26.4. The van der Waals surface area contributed by atoms with Crippen LogP contribution >= 0.6 is 0 Å². The Morgan fingerprint density at radius 1 is 0.789 bits per heavy atom. The lowest BCUT2D eigenvalue weighted by atomic mass is 9.78. The second-order valence-electron chi connectivity index (χ2n) is 17.0. The van der Waals surface area contributed by atoms with Gasteiger partial charge in [0, 0.05) is 23.4 Å². The van der Waals surface area contributed by atoms with Gasteiger partial charge in [-0.15, -0.1) is 0 Å². The maximum absolute atomic E-state index is 13.5. The highest BCUT2D eigenvalue weighted by Crippen LogP contribution is 2.39. The predicted octanol–water partition coefficient (Wildman–Crippen LogP) is 4.42. The van der Waals surface area contributed by atoms with Crippen LogP contribution in [0.2, 0.25) is 0 Å². The molecule has 0 aromatic heterocycles. The number of anilines is 1. The van der Waals surface area contributed by atoms with Crippen molar-refractivity contribution in [1.82, 2.24) is 20.9 Å². The van der Waals surface area contributed by atoms with Crippen LogP contribution in [0.15, 0.2) is 35.4 Å². The Hall–Kier alpha value is -4.99. The lowest BCUT2D eigenvalue weighted by Crippen LogP contribution is -2.54. The summed E-state index contributed by atoms with van der Waals surface area (Å²) in [4.78, 5) is 90.7. The molecule has 6 N–H and O–H groups in total. The van der Waals surface area contributed by atoms with Crippen LogP contribution in [0.3, 0.4) is 0 Å². The van der Waals surface area contributed by atoms with Crippen LogP contribution in [-0.4, -0.2) is 91.6 Å². The first-order valence-electron chi connectivity index (χ1n) is 19.5. The normalized spacial score (nSPS) is 15.0. The van der Waals surface area contributed by atoms with Crippen LogP contribution in [0.5, 0.6) is 0 Å². The lowest BCUT2D eigenvalue weighted by Gasteiger charge is -2.25. The van der Waals surface area contributed by atoms with Crippen LogP contribution in [0, 0.1) is 28.6 Å². The number of hydrogen-bond donors (Lipinski definition) is 5.